The van der Waals surface area contributed by atoms with Gasteiger partial charge in [-0.25, -0.2) is 17.2 Å². The Labute approximate surface area is 195 Å². The molecular weight excluding hydrogens is 474 g/mol. The van der Waals surface area contributed by atoms with Crippen LogP contribution >= 0.6 is 11.6 Å². The number of amides is 1. The molecule has 0 aliphatic rings. The Hall–Kier alpha value is -3.17. The van der Waals surface area contributed by atoms with E-state index >= 15 is 0 Å². The number of sulfonamides is 1. The molecule has 0 fully saturated rings. The first kappa shape index (κ1) is 24.5. The van der Waals surface area contributed by atoms with Crippen molar-refractivity contribution in [3.05, 3.63) is 88.4 Å². The Morgan fingerprint density at radius 2 is 1.70 bits per heavy atom. The molecule has 1 N–H and O–H groups in total. The van der Waals surface area contributed by atoms with Crippen molar-refractivity contribution in [2.24, 2.45) is 0 Å². The van der Waals surface area contributed by atoms with Gasteiger partial charge in [0.25, 0.3) is 15.9 Å². The number of carbonyl (C=O) groups is 1. The summed E-state index contributed by atoms with van der Waals surface area (Å²) in [6.07, 6.45) is 0. The second kappa shape index (κ2) is 9.76. The highest BCUT2D eigenvalue weighted by Gasteiger charge is 2.24. The van der Waals surface area contributed by atoms with Crippen LogP contribution in [0.25, 0.3) is 0 Å². The van der Waals surface area contributed by atoms with Crippen molar-refractivity contribution >= 4 is 33.2 Å². The van der Waals surface area contributed by atoms with Crippen LogP contribution in [0.1, 0.15) is 28.9 Å². The van der Waals surface area contributed by atoms with Crippen LogP contribution in [0.15, 0.2) is 65.6 Å². The third-order valence-corrected chi connectivity index (χ3v) is 7.00. The van der Waals surface area contributed by atoms with Gasteiger partial charge in [0.2, 0.25) is 0 Å². The third-order valence-electron chi connectivity index (χ3n) is 5.14. The van der Waals surface area contributed by atoms with Gasteiger partial charge in [-0.1, -0.05) is 17.7 Å². The van der Waals surface area contributed by atoms with Gasteiger partial charge in [0.15, 0.2) is 11.6 Å². The molecular formula is C23H21ClF2N2O4S. The first-order chi connectivity index (χ1) is 15.5. The molecule has 3 aromatic rings. The molecule has 3 aromatic carbocycles. The standard InChI is InChI=1S/C23H21ClF2N2O4S/c1-14(15-5-11-20(25)21(26)12-15)28(2)23(29)16-4-10-19(24)22(13-16)33(30,31)27-17-6-8-18(32-3)9-7-17/h4-14,27H,1-3H3. The lowest BCUT2D eigenvalue weighted by Crippen LogP contribution is -2.30. The van der Waals surface area contributed by atoms with Crippen LogP contribution < -0.4 is 9.46 Å². The normalized spacial score (nSPS) is 12.2. The monoisotopic (exact) mass is 494 g/mol. The third kappa shape index (κ3) is 5.43. The molecule has 0 bridgehead atoms. The van der Waals surface area contributed by atoms with Crippen LogP contribution in [0.4, 0.5) is 14.5 Å². The van der Waals surface area contributed by atoms with Crippen LogP contribution in [0, 0.1) is 11.6 Å². The van der Waals surface area contributed by atoms with Gasteiger partial charge in [0, 0.05) is 18.3 Å². The molecule has 1 amide bonds. The smallest absolute Gasteiger partial charge is 0.263 e. The number of rotatable bonds is 7. The summed E-state index contributed by atoms with van der Waals surface area (Å²) in [6, 6.07) is 12.9. The maximum Gasteiger partial charge on any atom is 0.263 e. The zero-order chi connectivity index (χ0) is 24.3. The van der Waals surface area contributed by atoms with Gasteiger partial charge in [0.05, 0.1) is 18.2 Å². The lowest BCUT2D eigenvalue weighted by Gasteiger charge is -2.26. The summed E-state index contributed by atoms with van der Waals surface area (Å²) in [4.78, 5) is 14.0. The minimum atomic E-state index is -4.11. The van der Waals surface area contributed by atoms with E-state index in [1.54, 1.807) is 19.1 Å². The summed E-state index contributed by atoms with van der Waals surface area (Å²) in [5, 5.41) is -0.0659. The van der Waals surface area contributed by atoms with Crippen molar-refractivity contribution in [3.63, 3.8) is 0 Å². The molecule has 0 saturated carbocycles. The van der Waals surface area contributed by atoms with E-state index in [0.717, 1.165) is 12.1 Å². The van der Waals surface area contributed by atoms with Gasteiger partial charge < -0.3 is 9.64 Å². The van der Waals surface area contributed by atoms with E-state index in [4.69, 9.17) is 16.3 Å². The Balaban J connectivity index is 1.87. The van der Waals surface area contributed by atoms with Gasteiger partial charge in [-0.05, 0) is 67.1 Å². The van der Waals surface area contributed by atoms with Crippen LogP contribution in [0.5, 0.6) is 5.75 Å². The minimum absolute atomic E-state index is 0.0615. The molecule has 0 saturated heterocycles. The van der Waals surface area contributed by atoms with Gasteiger partial charge in [0.1, 0.15) is 10.6 Å². The van der Waals surface area contributed by atoms with Crippen LogP contribution in [-0.2, 0) is 10.0 Å². The van der Waals surface area contributed by atoms with E-state index < -0.39 is 33.6 Å². The average molecular weight is 495 g/mol. The number of nitrogens with zero attached hydrogens (tertiary/aromatic N) is 1. The Kier molecular flexibility index (Phi) is 7.24. The predicted molar refractivity (Wildman–Crippen MR) is 122 cm³/mol. The van der Waals surface area contributed by atoms with E-state index in [0.29, 0.717) is 11.3 Å². The fraction of sp³-hybridized carbons (Fsp3) is 0.174. The predicted octanol–water partition coefficient (Wildman–Crippen LogP) is 5.26. The second-order valence-corrected chi connectivity index (χ2v) is 9.30. The minimum Gasteiger partial charge on any atom is -0.497 e. The van der Waals surface area contributed by atoms with Crippen LogP contribution in [0.3, 0.4) is 0 Å². The lowest BCUT2D eigenvalue weighted by atomic mass is 10.1. The van der Waals surface area contributed by atoms with Gasteiger partial charge in [-0.15, -0.1) is 0 Å². The molecule has 0 spiro atoms. The fourth-order valence-electron chi connectivity index (χ4n) is 3.09. The second-order valence-electron chi connectivity index (χ2n) is 7.24. The summed E-state index contributed by atoms with van der Waals surface area (Å²) in [5.41, 5.74) is 0.729. The fourth-order valence-corrected chi connectivity index (χ4v) is 4.67. The highest BCUT2D eigenvalue weighted by atomic mass is 35.5. The van der Waals surface area contributed by atoms with Gasteiger partial charge in [-0.2, -0.15) is 0 Å². The largest absolute Gasteiger partial charge is 0.497 e. The number of halogens is 3. The molecule has 3 rings (SSSR count). The average Bonchev–Trinajstić information content (AvgIpc) is 2.80. The molecule has 0 radical (unpaired) electrons. The maximum atomic E-state index is 13.6. The Morgan fingerprint density at radius 1 is 1.03 bits per heavy atom. The van der Waals surface area contributed by atoms with Crippen molar-refractivity contribution in [3.8, 4) is 5.75 Å². The zero-order valence-electron chi connectivity index (χ0n) is 18.0. The van der Waals surface area contributed by atoms with E-state index in [1.807, 2.05) is 0 Å². The molecule has 0 aliphatic carbocycles. The van der Waals surface area contributed by atoms with E-state index in [1.165, 1.54) is 55.5 Å². The van der Waals surface area contributed by atoms with E-state index in [2.05, 4.69) is 4.72 Å². The van der Waals surface area contributed by atoms with Crippen molar-refractivity contribution in [1.29, 1.82) is 0 Å². The van der Waals surface area contributed by atoms with Crippen molar-refractivity contribution < 1.29 is 26.7 Å². The first-order valence-corrected chi connectivity index (χ1v) is 11.6. The number of carbonyl (C=O) groups excluding carboxylic acids is 1. The number of ether oxygens (including phenoxy) is 1. The van der Waals surface area contributed by atoms with Crippen LogP contribution in [-0.4, -0.2) is 33.4 Å². The van der Waals surface area contributed by atoms with Crippen molar-refractivity contribution in [2.75, 3.05) is 18.9 Å². The number of methoxy groups -OCH3 is 1. The number of nitrogens with one attached hydrogen (secondary N) is 1. The zero-order valence-corrected chi connectivity index (χ0v) is 19.5. The number of hydrogen-bond donors (Lipinski definition) is 1. The number of benzene rings is 3. The molecule has 174 valence electrons. The molecule has 6 nitrogen and oxygen atoms in total. The summed E-state index contributed by atoms with van der Waals surface area (Å²) < 4.78 is 60.1. The molecule has 1 unspecified atom stereocenters. The Morgan fingerprint density at radius 3 is 2.30 bits per heavy atom. The highest BCUT2D eigenvalue weighted by molar-refractivity contribution is 7.92. The van der Waals surface area contributed by atoms with E-state index in [9.17, 15) is 22.0 Å². The maximum absolute atomic E-state index is 13.6. The Bertz CT molecular complexity index is 1280. The van der Waals surface area contributed by atoms with E-state index in [-0.39, 0.29) is 21.2 Å². The van der Waals surface area contributed by atoms with Crippen molar-refractivity contribution in [2.45, 2.75) is 17.9 Å². The number of hydrogen-bond acceptors (Lipinski definition) is 4. The lowest BCUT2D eigenvalue weighted by molar-refractivity contribution is 0.0742. The van der Waals surface area contributed by atoms with Gasteiger partial charge in [-0.3, -0.25) is 9.52 Å². The summed E-state index contributed by atoms with van der Waals surface area (Å²) in [7, 11) is -1.14. The van der Waals surface area contributed by atoms with Crippen LogP contribution in [0.2, 0.25) is 5.02 Å². The quantitative estimate of drug-likeness (QED) is 0.486. The molecule has 10 heteroatoms. The topological polar surface area (TPSA) is 75.7 Å². The molecule has 0 aromatic heterocycles. The number of anilines is 1. The van der Waals surface area contributed by atoms with Crippen molar-refractivity contribution in [1.82, 2.24) is 4.90 Å². The summed E-state index contributed by atoms with van der Waals surface area (Å²) >= 11 is 6.13. The highest BCUT2D eigenvalue weighted by Crippen LogP contribution is 2.28. The summed E-state index contributed by atoms with van der Waals surface area (Å²) in [6.45, 7) is 1.64. The molecule has 1 atom stereocenters. The molecule has 0 heterocycles. The van der Waals surface area contributed by atoms with Gasteiger partial charge >= 0.3 is 0 Å². The first-order valence-electron chi connectivity index (χ1n) is 9.72. The molecule has 0 aliphatic heterocycles. The SMILES string of the molecule is COc1ccc(NS(=O)(=O)c2cc(C(=O)N(C)C(C)c3ccc(F)c(F)c3)ccc2Cl)cc1. The summed E-state index contributed by atoms with van der Waals surface area (Å²) in [5.74, 6) is -1.98. The molecule has 33 heavy (non-hydrogen) atoms.